The maximum atomic E-state index is 12.0. The van der Waals surface area contributed by atoms with Crippen LogP contribution in [0.2, 0.25) is 0 Å². The van der Waals surface area contributed by atoms with Gasteiger partial charge in [-0.3, -0.25) is 4.79 Å². The van der Waals surface area contributed by atoms with Gasteiger partial charge in [-0.2, -0.15) is 0 Å². The Morgan fingerprint density at radius 3 is 2.57 bits per heavy atom. The number of imidazole rings is 1. The van der Waals surface area contributed by atoms with Crippen LogP contribution in [-0.2, 0) is 14.8 Å². The van der Waals surface area contributed by atoms with Gasteiger partial charge < -0.3 is 10.1 Å². The standard InChI is InChI=1S/C13H15N3O4S/c1-9-14-8-12(16-9)21(19,20)15-7-11(13(17)18)10-5-3-2-4-6-10/h2-6,8,11,15H,7H2,1H3,(H,14,16)(H,17,18). The van der Waals surface area contributed by atoms with E-state index >= 15 is 0 Å². The molecule has 8 heteroatoms. The number of H-pyrrole nitrogens is 1. The van der Waals surface area contributed by atoms with E-state index < -0.39 is 21.9 Å². The molecule has 0 aliphatic rings. The minimum Gasteiger partial charge on any atom is -0.481 e. The highest BCUT2D eigenvalue weighted by Crippen LogP contribution is 2.16. The number of aliphatic carboxylic acids is 1. The predicted molar refractivity (Wildman–Crippen MR) is 75.3 cm³/mol. The Kier molecular flexibility index (Phi) is 4.39. The van der Waals surface area contributed by atoms with E-state index in [1.807, 2.05) is 0 Å². The van der Waals surface area contributed by atoms with Crippen molar-refractivity contribution >= 4 is 16.0 Å². The van der Waals surface area contributed by atoms with Crippen molar-refractivity contribution in [2.75, 3.05) is 6.54 Å². The van der Waals surface area contributed by atoms with E-state index in [0.717, 1.165) is 0 Å². The third kappa shape index (κ3) is 3.67. The van der Waals surface area contributed by atoms with Crippen LogP contribution >= 0.6 is 0 Å². The zero-order valence-corrected chi connectivity index (χ0v) is 12.1. The minimum absolute atomic E-state index is 0.0859. The van der Waals surface area contributed by atoms with Crippen LogP contribution in [0.25, 0.3) is 0 Å². The molecule has 21 heavy (non-hydrogen) atoms. The number of sulfonamides is 1. The summed E-state index contributed by atoms with van der Waals surface area (Å²) >= 11 is 0. The second-order valence-electron chi connectivity index (χ2n) is 4.49. The van der Waals surface area contributed by atoms with E-state index in [0.29, 0.717) is 11.4 Å². The highest BCUT2D eigenvalue weighted by molar-refractivity contribution is 7.89. The monoisotopic (exact) mass is 309 g/mol. The topological polar surface area (TPSA) is 112 Å². The normalized spacial score (nSPS) is 13.0. The number of rotatable bonds is 6. The molecular weight excluding hydrogens is 294 g/mol. The molecule has 1 aromatic heterocycles. The molecule has 0 aliphatic carbocycles. The molecule has 0 saturated heterocycles. The molecule has 2 rings (SSSR count). The van der Waals surface area contributed by atoms with E-state index in [1.165, 1.54) is 6.20 Å². The van der Waals surface area contributed by atoms with Gasteiger partial charge in [-0.05, 0) is 12.5 Å². The van der Waals surface area contributed by atoms with Crippen LogP contribution in [0.3, 0.4) is 0 Å². The largest absolute Gasteiger partial charge is 0.481 e. The molecule has 0 radical (unpaired) electrons. The van der Waals surface area contributed by atoms with Gasteiger partial charge >= 0.3 is 5.97 Å². The number of hydrogen-bond donors (Lipinski definition) is 3. The van der Waals surface area contributed by atoms with Gasteiger partial charge in [-0.15, -0.1) is 0 Å². The van der Waals surface area contributed by atoms with Crippen LogP contribution in [0, 0.1) is 6.92 Å². The zero-order chi connectivity index (χ0) is 15.5. The Morgan fingerprint density at radius 1 is 1.38 bits per heavy atom. The first-order chi connectivity index (χ1) is 9.90. The first-order valence-electron chi connectivity index (χ1n) is 6.19. The average molecular weight is 309 g/mol. The van der Waals surface area contributed by atoms with Gasteiger partial charge in [0.05, 0.1) is 12.1 Å². The van der Waals surface area contributed by atoms with E-state index in [2.05, 4.69) is 14.7 Å². The number of hydrogen-bond acceptors (Lipinski definition) is 4. The highest BCUT2D eigenvalue weighted by atomic mass is 32.2. The second-order valence-corrected chi connectivity index (χ2v) is 6.22. The maximum absolute atomic E-state index is 12.0. The van der Waals surface area contributed by atoms with Gasteiger partial charge in [-0.1, -0.05) is 30.3 Å². The molecule has 1 heterocycles. The van der Waals surface area contributed by atoms with Crippen molar-refractivity contribution in [3.63, 3.8) is 0 Å². The molecule has 7 nitrogen and oxygen atoms in total. The number of aryl methyl sites for hydroxylation is 1. The molecule has 3 N–H and O–H groups in total. The summed E-state index contributed by atoms with van der Waals surface area (Å²) in [6.45, 7) is 1.39. The number of nitrogens with zero attached hydrogens (tertiary/aromatic N) is 1. The smallest absolute Gasteiger partial charge is 0.312 e. The molecular formula is C13H15N3O4S. The summed E-state index contributed by atoms with van der Waals surface area (Å²) in [5.41, 5.74) is 0.536. The zero-order valence-electron chi connectivity index (χ0n) is 11.3. The number of benzene rings is 1. The van der Waals surface area contributed by atoms with Crippen molar-refractivity contribution in [1.29, 1.82) is 0 Å². The summed E-state index contributed by atoms with van der Waals surface area (Å²) in [4.78, 5) is 17.7. The summed E-state index contributed by atoms with van der Waals surface area (Å²) in [7, 11) is -3.81. The average Bonchev–Trinajstić information content (AvgIpc) is 2.87. The van der Waals surface area contributed by atoms with Gasteiger partial charge in [-0.25, -0.2) is 18.1 Å². The lowest BCUT2D eigenvalue weighted by molar-refractivity contribution is -0.138. The minimum atomic E-state index is -3.81. The molecule has 0 fully saturated rings. The lowest BCUT2D eigenvalue weighted by Gasteiger charge is -2.13. The molecule has 112 valence electrons. The maximum Gasteiger partial charge on any atom is 0.312 e. The fraction of sp³-hybridized carbons (Fsp3) is 0.231. The van der Waals surface area contributed by atoms with E-state index in [1.54, 1.807) is 37.3 Å². The van der Waals surface area contributed by atoms with Crippen LogP contribution in [0.5, 0.6) is 0 Å². The highest BCUT2D eigenvalue weighted by Gasteiger charge is 2.24. The lowest BCUT2D eigenvalue weighted by Crippen LogP contribution is -2.32. The Hall–Kier alpha value is -2.19. The van der Waals surface area contributed by atoms with Crippen molar-refractivity contribution in [3.05, 3.63) is 47.9 Å². The number of carbonyl (C=O) groups is 1. The Labute approximate surface area is 122 Å². The molecule has 0 bridgehead atoms. The van der Waals surface area contributed by atoms with Gasteiger partial charge in [0.25, 0.3) is 10.0 Å². The fourth-order valence-corrected chi connectivity index (χ4v) is 2.85. The van der Waals surface area contributed by atoms with Crippen molar-refractivity contribution < 1.29 is 18.3 Å². The van der Waals surface area contributed by atoms with Crippen molar-refractivity contribution in [3.8, 4) is 0 Å². The van der Waals surface area contributed by atoms with Crippen LogP contribution in [-0.4, -0.2) is 36.0 Å². The van der Waals surface area contributed by atoms with Crippen molar-refractivity contribution in [2.45, 2.75) is 17.9 Å². The molecule has 0 aliphatic heterocycles. The Bertz CT molecular complexity index is 725. The molecule has 1 atom stereocenters. The Morgan fingerprint density at radius 2 is 2.05 bits per heavy atom. The van der Waals surface area contributed by atoms with Gasteiger partial charge in [0.2, 0.25) is 0 Å². The number of carboxylic acids is 1. The number of aromatic amines is 1. The Balaban J connectivity index is 2.14. The number of aromatic nitrogens is 2. The molecule has 2 aromatic rings. The quantitative estimate of drug-likeness (QED) is 0.733. The summed E-state index contributed by atoms with van der Waals surface area (Å²) in [5, 5.41) is 9.16. The third-order valence-electron chi connectivity index (χ3n) is 2.95. The van der Waals surface area contributed by atoms with Crippen molar-refractivity contribution in [1.82, 2.24) is 14.7 Å². The predicted octanol–water partition coefficient (Wildman–Crippen LogP) is 0.865. The first kappa shape index (κ1) is 15.2. The summed E-state index contributed by atoms with van der Waals surface area (Å²) in [6, 6.07) is 8.47. The molecule has 1 unspecified atom stereocenters. The molecule has 0 amide bonds. The molecule has 0 saturated carbocycles. The van der Waals surface area contributed by atoms with Crippen LogP contribution in [0.1, 0.15) is 17.3 Å². The third-order valence-corrected chi connectivity index (χ3v) is 4.28. The van der Waals surface area contributed by atoms with Crippen LogP contribution in [0.15, 0.2) is 41.6 Å². The van der Waals surface area contributed by atoms with E-state index in [9.17, 15) is 18.3 Å². The van der Waals surface area contributed by atoms with Gasteiger partial charge in [0.15, 0.2) is 5.03 Å². The summed E-state index contributed by atoms with van der Waals surface area (Å²) in [6.07, 6.45) is 1.19. The van der Waals surface area contributed by atoms with E-state index in [-0.39, 0.29) is 11.6 Å². The SMILES string of the molecule is Cc1ncc(S(=O)(=O)NCC(C(=O)O)c2ccccc2)[nH]1. The van der Waals surface area contributed by atoms with Crippen molar-refractivity contribution in [2.24, 2.45) is 0 Å². The van der Waals surface area contributed by atoms with Crippen LogP contribution < -0.4 is 4.72 Å². The molecule has 0 spiro atoms. The first-order valence-corrected chi connectivity index (χ1v) is 7.67. The lowest BCUT2D eigenvalue weighted by atomic mass is 10.00. The number of carboxylic acid groups (broad SMARTS) is 1. The van der Waals surface area contributed by atoms with Crippen LogP contribution in [0.4, 0.5) is 0 Å². The van der Waals surface area contributed by atoms with Gasteiger partial charge in [0, 0.05) is 6.54 Å². The fourth-order valence-electron chi connectivity index (χ4n) is 1.84. The second kappa shape index (κ2) is 6.06. The van der Waals surface area contributed by atoms with Gasteiger partial charge in [0.1, 0.15) is 5.82 Å². The summed E-state index contributed by atoms with van der Waals surface area (Å²) in [5.74, 6) is -1.58. The van der Waals surface area contributed by atoms with E-state index in [4.69, 9.17) is 0 Å². The molecule has 1 aromatic carbocycles. The summed E-state index contributed by atoms with van der Waals surface area (Å²) < 4.78 is 26.3. The number of nitrogens with one attached hydrogen (secondary N) is 2.